The normalized spacial score (nSPS) is 10.7. The Morgan fingerprint density at radius 1 is 1.00 bits per heavy atom. The molecule has 24 heavy (non-hydrogen) atoms. The Hall–Kier alpha value is -2.37. The standard InChI is InChI=1S/C17H15Cl2N3O2/c1-10-5-11(2)7-14(6-10)21-16(23)17(24)22-20-9-12-3-4-13(18)8-15(12)19/h3-9H,1-2H3,(H,21,23)(H,22,24)/b20-9+. The van der Waals surface area contributed by atoms with Crippen molar-refractivity contribution in [2.24, 2.45) is 5.10 Å². The van der Waals surface area contributed by atoms with Crippen LogP contribution in [0.25, 0.3) is 0 Å². The largest absolute Gasteiger partial charge is 0.329 e. The summed E-state index contributed by atoms with van der Waals surface area (Å²) < 4.78 is 0. The Bertz CT molecular complexity index is 799. The molecular weight excluding hydrogens is 349 g/mol. The first-order valence-corrected chi connectivity index (χ1v) is 7.78. The maximum atomic E-state index is 11.8. The average molecular weight is 364 g/mol. The minimum absolute atomic E-state index is 0.389. The van der Waals surface area contributed by atoms with Gasteiger partial charge in [0, 0.05) is 16.3 Å². The van der Waals surface area contributed by atoms with E-state index in [1.54, 1.807) is 30.3 Å². The number of nitrogens with zero attached hydrogens (tertiary/aromatic N) is 1. The van der Waals surface area contributed by atoms with E-state index >= 15 is 0 Å². The van der Waals surface area contributed by atoms with E-state index in [0.29, 0.717) is 21.3 Å². The second kappa shape index (κ2) is 7.95. The first-order valence-electron chi connectivity index (χ1n) is 7.03. The van der Waals surface area contributed by atoms with E-state index in [1.807, 2.05) is 19.9 Å². The van der Waals surface area contributed by atoms with Crippen molar-refractivity contribution >= 4 is 46.9 Å². The lowest BCUT2D eigenvalue weighted by Gasteiger charge is -2.06. The van der Waals surface area contributed by atoms with Crippen LogP contribution in [-0.2, 0) is 9.59 Å². The number of benzene rings is 2. The number of carbonyl (C=O) groups is 2. The van der Waals surface area contributed by atoms with Gasteiger partial charge < -0.3 is 5.32 Å². The SMILES string of the molecule is Cc1cc(C)cc(NC(=O)C(=O)N/N=C/c2ccc(Cl)cc2Cl)c1. The molecule has 5 nitrogen and oxygen atoms in total. The Balaban J connectivity index is 1.96. The van der Waals surface area contributed by atoms with Crippen LogP contribution in [0.5, 0.6) is 0 Å². The van der Waals surface area contributed by atoms with Gasteiger partial charge in [0.1, 0.15) is 0 Å². The fourth-order valence-electron chi connectivity index (χ4n) is 2.05. The number of rotatable bonds is 3. The zero-order valence-corrected chi connectivity index (χ0v) is 14.6. The Kier molecular flexibility index (Phi) is 5.95. The Labute approximate surface area is 149 Å². The fraction of sp³-hybridized carbons (Fsp3) is 0.118. The molecule has 7 heteroatoms. The lowest BCUT2D eigenvalue weighted by molar-refractivity contribution is -0.136. The molecule has 0 aliphatic carbocycles. The molecule has 0 heterocycles. The number of carbonyl (C=O) groups excluding carboxylic acids is 2. The maximum Gasteiger partial charge on any atom is 0.329 e. The number of anilines is 1. The van der Waals surface area contributed by atoms with Crippen molar-refractivity contribution in [2.45, 2.75) is 13.8 Å². The molecule has 2 aromatic rings. The number of halogens is 2. The monoisotopic (exact) mass is 363 g/mol. The molecule has 0 fully saturated rings. The number of nitrogens with one attached hydrogen (secondary N) is 2. The van der Waals surface area contributed by atoms with Crippen LogP contribution in [0.3, 0.4) is 0 Å². The first kappa shape index (κ1) is 18.0. The van der Waals surface area contributed by atoms with Crippen LogP contribution in [-0.4, -0.2) is 18.0 Å². The smallest absolute Gasteiger partial charge is 0.318 e. The molecule has 2 amide bonds. The van der Waals surface area contributed by atoms with Crippen LogP contribution in [0, 0.1) is 13.8 Å². The molecule has 2 rings (SSSR count). The number of amides is 2. The van der Waals surface area contributed by atoms with Gasteiger partial charge >= 0.3 is 11.8 Å². The predicted octanol–water partition coefficient (Wildman–Crippen LogP) is 3.70. The number of hydrogen-bond donors (Lipinski definition) is 2. The second-order valence-electron chi connectivity index (χ2n) is 5.20. The highest BCUT2D eigenvalue weighted by Crippen LogP contribution is 2.19. The van der Waals surface area contributed by atoms with E-state index in [9.17, 15) is 9.59 Å². The van der Waals surface area contributed by atoms with Crippen LogP contribution < -0.4 is 10.7 Å². The highest BCUT2D eigenvalue weighted by Gasteiger charge is 2.13. The van der Waals surface area contributed by atoms with Gasteiger partial charge in [0.05, 0.1) is 11.2 Å². The summed E-state index contributed by atoms with van der Waals surface area (Å²) in [5, 5.41) is 7.12. The third-order valence-electron chi connectivity index (χ3n) is 3.02. The molecule has 0 saturated carbocycles. The van der Waals surface area contributed by atoms with E-state index in [1.165, 1.54) is 6.21 Å². The summed E-state index contributed by atoms with van der Waals surface area (Å²) in [6.45, 7) is 3.81. The van der Waals surface area contributed by atoms with Gasteiger partial charge in [-0.3, -0.25) is 9.59 Å². The molecule has 0 saturated heterocycles. The van der Waals surface area contributed by atoms with Crippen molar-refractivity contribution in [2.75, 3.05) is 5.32 Å². The van der Waals surface area contributed by atoms with Crippen LogP contribution in [0.15, 0.2) is 41.5 Å². The van der Waals surface area contributed by atoms with Crippen molar-refractivity contribution in [3.8, 4) is 0 Å². The fourth-order valence-corrected chi connectivity index (χ4v) is 2.51. The van der Waals surface area contributed by atoms with E-state index in [4.69, 9.17) is 23.2 Å². The molecule has 2 N–H and O–H groups in total. The average Bonchev–Trinajstić information content (AvgIpc) is 2.48. The summed E-state index contributed by atoms with van der Waals surface area (Å²) in [6.07, 6.45) is 1.33. The van der Waals surface area contributed by atoms with E-state index in [2.05, 4.69) is 15.8 Å². The van der Waals surface area contributed by atoms with Gasteiger partial charge in [-0.1, -0.05) is 35.3 Å². The van der Waals surface area contributed by atoms with Gasteiger partial charge in [0.15, 0.2) is 0 Å². The number of aryl methyl sites for hydroxylation is 2. The molecule has 0 unspecified atom stereocenters. The molecule has 0 aromatic heterocycles. The minimum Gasteiger partial charge on any atom is -0.318 e. The zero-order valence-electron chi connectivity index (χ0n) is 13.1. The topological polar surface area (TPSA) is 70.6 Å². The second-order valence-corrected chi connectivity index (χ2v) is 6.04. The quantitative estimate of drug-likeness (QED) is 0.495. The highest BCUT2D eigenvalue weighted by molar-refractivity contribution is 6.39. The summed E-state index contributed by atoms with van der Waals surface area (Å²) in [7, 11) is 0. The summed E-state index contributed by atoms with van der Waals surface area (Å²) in [5.41, 5.74) is 5.24. The molecule has 0 spiro atoms. The summed E-state index contributed by atoms with van der Waals surface area (Å²) in [5.74, 6) is -1.69. The lowest BCUT2D eigenvalue weighted by Crippen LogP contribution is -2.32. The zero-order chi connectivity index (χ0) is 17.7. The van der Waals surface area contributed by atoms with Crippen LogP contribution in [0.2, 0.25) is 10.0 Å². The van der Waals surface area contributed by atoms with Crippen molar-refractivity contribution < 1.29 is 9.59 Å². The Morgan fingerprint density at radius 2 is 1.67 bits per heavy atom. The van der Waals surface area contributed by atoms with Gasteiger partial charge in [-0.05, 0) is 49.2 Å². The summed E-state index contributed by atoms with van der Waals surface area (Å²) in [4.78, 5) is 23.6. The van der Waals surface area contributed by atoms with Crippen molar-refractivity contribution in [1.82, 2.24) is 5.43 Å². The van der Waals surface area contributed by atoms with E-state index in [-0.39, 0.29) is 0 Å². The molecule has 0 aliphatic heterocycles. The molecule has 0 radical (unpaired) electrons. The number of hydrazone groups is 1. The lowest BCUT2D eigenvalue weighted by atomic mass is 10.1. The maximum absolute atomic E-state index is 11.8. The van der Waals surface area contributed by atoms with Gasteiger partial charge in [0.2, 0.25) is 0 Å². The molecule has 2 aromatic carbocycles. The van der Waals surface area contributed by atoms with Gasteiger partial charge in [-0.2, -0.15) is 5.10 Å². The van der Waals surface area contributed by atoms with Crippen LogP contribution in [0.4, 0.5) is 5.69 Å². The number of hydrogen-bond acceptors (Lipinski definition) is 3. The molecular formula is C17H15Cl2N3O2. The summed E-state index contributed by atoms with van der Waals surface area (Å²) in [6, 6.07) is 10.4. The van der Waals surface area contributed by atoms with Crippen LogP contribution in [0.1, 0.15) is 16.7 Å². The van der Waals surface area contributed by atoms with Gasteiger partial charge in [0.25, 0.3) is 0 Å². The van der Waals surface area contributed by atoms with E-state index < -0.39 is 11.8 Å². The van der Waals surface area contributed by atoms with Crippen molar-refractivity contribution in [3.63, 3.8) is 0 Å². The van der Waals surface area contributed by atoms with E-state index in [0.717, 1.165) is 11.1 Å². The van der Waals surface area contributed by atoms with Crippen molar-refractivity contribution in [1.29, 1.82) is 0 Å². The third kappa shape index (κ3) is 5.08. The van der Waals surface area contributed by atoms with Gasteiger partial charge in [-0.15, -0.1) is 0 Å². The Morgan fingerprint density at radius 3 is 2.29 bits per heavy atom. The molecule has 0 bridgehead atoms. The highest BCUT2D eigenvalue weighted by atomic mass is 35.5. The minimum atomic E-state index is -0.879. The van der Waals surface area contributed by atoms with Crippen LogP contribution >= 0.6 is 23.2 Å². The first-order chi connectivity index (χ1) is 11.3. The molecule has 0 aliphatic rings. The van der Waals surface area contributed by atoms with Gasteiger partial charge in [-0.25, -0.2) is 5.43 Å². The van der Waals surface area contributed by atoms with Crippen molar-refractivity contribution in [3.05, 3.63) is 63.1 Å². The third-order valence-corrected chi connectivity index (χ3v) is 3.58. The predicted molar refractivity (Wildman–Crippen MR) is 96.7 cm³/mol. The summed E-state index contributed by atoms with van der Waals surface area (Å²) >= 11 is 11.8. The molecule has 0 atom stereocenters. The molecule has 124 valence electrons.